The summed E-state index contributed by atoms with van der Waals surface area (Å²) >= 11 is 0. The molecule has 2 aromatic rings. The summed E-state index contributed by atoms with van der Waals surface area (Å²) in [6, 6.07) is 6.77. The lowest BCUT2D eigenvalue weighted by Crippen LogP contribution is -2.04. The summed E-state index contributed by atoms with van der Waals surface area (Å²) in [5.41, 5.74) is 2.05. The van der Waals surface area contributed by atoms with Crippen molar-refractivity contribution in [3.05, 3.63) is 41.6 Å². The minimum absolute atomic E-state index is 0.479. The molecule has 0 saturated carbocycles. The van der Waals surface area contributed by atoms with Crippen LogP contribution in [0.2, 0.25) is 0 Å². The van der Waals surface area contributed by atoms with Crippen molar-refractivity contribution in [3.8, 4) is 5.82 Å². The molecular formula is C12H14FN3. The lowest BCUT2D eigenvalue weighted by Gasteiger charge is -2.03. The van der Waals surface area contributed by atoms with E-state index in [1.165, 1.54) is 6.07 Å². The molecule has 0 aliphatic carbocycles. The maximum Gasteiger partial charge on any atom is 0.214 e. The van der Waals surface area contributed by atoms with Gasteiger partial charge in [-0.15, -0.1) is 0 Å². The molecule has 0 spiro atoms. The summed E-state index contributed by atoms with van der Waals surface area (Å²) in [4.78, 5) is 3.83. The van der Waals surface area contributed by atoms with E-state index in [0.717, 1.165) is 24.2 Å². The minimum atomic E-state index is -0.479. The van der Waals surface area contributed by atoms with Crippen molar-refractivity contribution in [2.75, 3.05) is 0 Å². The first-order valence-electron chi connectivity index (χ1n) is 5.45. The van der Waals surface area contributed by atoms with E-state index in [1.807, 2.05) is 19.9 Å². The average Bonchev–Trinajstić information content (AvgIpc) is 2.72. The second kappa shape index (κ2) is 4.43. The SMILES string of the molecule is CCc1cc(CC)n(-c2cccc(F)n2)n1. The quantitative estimate of drug-likeness (QED) is 0.743. The minimum Gasteiger partial charge on any atom is -0.219 e. The highest BCUT2D eigenvalue weighted by Crippen LogP contribution is 2.12. The molecule has 0 aliphatic rings. The molecule has 0 N–H and O–H groups in total. The van der Waals surface area contributed by atoms with Crippen LogP contribution in [0.3, 0.4) is 0 Å². The van der Waals surface area contributed by atoms with E-state index in [1.54, 1.807) is 16.8 Å². The fourth-order valence-corrected chi connectivity index (χ4v) is 1.61. The Balaban J connectivity index is 2.50. The van der Waals surface area contributed by atoms with Crippen LogP contribution in [-0.4, -0.2) is 14.8 Å². The van der Waals surface area contributed by atoms with Gasteiger partial charge in [-0.05, 0) is 31.0 Å². The summed E-state index contributed by atoms with van der Waals surface area (Å²) in [6.45, 7) is 4.09. The maximum absolute atomic E-state index is 13.0. The first-order valence-corrected chi connectivity index (χ1v) is 5.45. The predicted molar refractivity (Wildman–Crippen MR) is 60.1 cm³/mol. The Morgan fingerprint density at radius 1 is 1.25 bits per heavy atom. The molecule has 2 heterocycles. The maximum atomic E-state index is 13.0. The van der Waals surface area contributed by atoms with Crippen LogP contribution in [0.5, 0.6) is 0 Å². The lowest BCUT2D eigenvalue weighted by molar-refractivity contribution is 0.576. The molecular weight excluding hydrogens is 205 g/mol. The van der Waals surface area contributed by atoms with Crippen molar-refractivity contribution in [3.63, 3.8) is 0 Å². The van der Waals surface area contributed by atoms with Crippen molar-refractivity contribution in [1.82, 2.24) is 14.8 Å². The Morgan fingerprint density at radius 3 is 2.69 bits per heavy atom. The monoisotopic (exact) mass is 219 g/mol. The van der Waals surface area contributed by atoms with Gasteiger partial charge in [-0.25, -0.2) is 9.67 Å². The number of nitrogens with zero attached hydrogens (tertiary/aromatic N) is 3. The zero-order chi connectivity index (χ0) is 11.5. The topological polar surface area (TPSA) is 30.7 Å². The molecule has 0 bridgehead atoms. The van der Waals surface area contributed by atoms with Gasteiger partial charge in [-0.1, -0.05) is 19.9 Å². The molecule has 0 radical (unpaired) electrons. The molecule has 0 fully saturated rings. The van der Waals surface area contributed by atoms with Crippen molar-refractivity contribution >= 4 is 0 Å². The molecule has 4 heteroatoms. The number of aromatic nitrogens is 3. The number of pyridine rings is 1. The second-order valence-electron chi connectivity index (χ2n) is 3.56. The predicted octanol–water partition coefficient (Wildman–Crippen LogP) is 2.53. The van der Waals surface area contributed by atoms with Gasteiger partial charge in [0.15, 0.2) is 5.82 Å². The van der Waals surface area contributed by atoms with Gasteiger partial charge in [-0.3, -0.25) is 0 Å². The molecule has 0 amide bonds. The Kier molecular flexibility index (Phi) is 2.99. The van der Waals surface area contributed by atoms with Crippen LogP contribution in [0.1, 0.15) is 25.2 Å². The van der Waals surface area contributed by atoms with Crippen LogP contribution in [0.15, 0.2) is 24.3 Å². The van der Waals surface area contributed by atoms with Crippen LogP contribution >= 0.6 is 0 Å². The van der Waals surface area contributed by atoms with Crippen LogP contribution in [0, 0.1) is 5.95 Å². The number of rotatable bonds is 3. The van der Waals surface area contributed by atoms with E-state index in [2.05, 4.69) is 10.1 Å². The van der Waals surface area contributed by atoms with Gasteiger partial charge in [0.2, 0.25) is 5.95 Å². The first kappa shape index (κ1) is 10.8. The third kappa shape index (κ3) is 1.96. The normalized spacial score (nSPS) is 10.7. The molecule has 0 saturated heterocycles. The molecule has 16 heavy (non-hydrogen) atoms. The standard InChI is InChI=1S/C12H14FN3/c1-3-9-8-10(4-2)16(15-9)12-7-5-6-11(13)14-12/h5-8H,3-4H2,1-2H3. The third-order valence-corrected chi connectivity index (χ3v) is 2.48. The smallest absolute Gasteiger partial charge is 0.214 e. The fraction of sp³-hybridized carbons (Fsp3) is 0.333. The second-order valence-corrected chi connectivity index (χ2v) is 3.56. The Morgan fingerprint density at radius 2 is 2.06 bits per heavy atom. The van der Waals surface area contributed by atoms with Crippen molar-refractivity contribution in [2.45, 2.75) is 26.7 Å². The number of hydrogen-bond donors (Lipinski definition) is 0. The van der Waals surface area contributed by atoms with Crippen molar-refractivity contribution in [2.24, 2.45) is 0 Å². The van der Waals surface area contributed by atoms with Gasteiger partial charge in [0.25, 0.3) is 0 Å². The highest BCUT2D eigenvalue weighted by molar-refractivity contribution is 5.26. The molecule has 0 aliphatic heterocycles. The van der Waals surface area contributed by atoms with Crippen molar-refractivity contribution < 1.29 is 4.39 Å². The Hall–Kier alpha value is -1.71. The zero-order valence-corrected chi connectivity index (χ0v) is 9.44. The summed E-state index contributed by atoms with van der Waals surface area (Å²) in [5, 5.41) is 4.40. The number of hydrogen-bond acceptors (Lipinski definition) is 2. The van der Waals surface area contributed by atoms with Gasteiger partial charge in [0.1, 0.15) is 0 Å². The van der Waals surface area contributed by atoms with E-state index in [9.17, 15) is 4.39 Å². The molecule has 84 valence electrons. The Labute approximate surface area is 93.9 Å². The van der Waals surface area contributed by atoms with Crippen LogP contribution in [-0.2, 0) is 12.8 Å². The van der Waals surface area contributed by atoms with E-state index in [4.69, 9.17) is 0 Å². The molecule has 0 unspecified atom stereocenters. The summed E-state index contributed by atoms with van der Waals surface area (Å²) in [5.74, 6) is 0.0599. The van der Waals surface area contributed by atoms with Crippen LogP contribution < -0.4 is 0 Å². The van der Waals surface area contributed by atoms with E-state index in [-0.39, 0.29) is 0 Å². The lowest BCUT2D eigenvalue weighted by atomic mass is 10.2. The van der Waals surface area contributed by atoms with Gasteiger partial charge >= 0.3 is 0 Å². The van der Waals surface area contributed by atoms with E-state index >= 15 is 0 Å². The van der Waals surface area contributed by atoms with Gasteiger partial charge in [-0.2, -0.15) is 9.49 Å². The largest absolute Gasteiger partial charge is 0.219 e. The number of aryl methyl sites for hydroxylation is 2. The van der Waals surface area contributed by atoms with Crippen LogP contribution in [0.4, 0.5) is 4.39 Å². The van der Waals surface area contributed by atoms with Gasteiger partial charge < -0.3 is 0 Å². The fourth-order valence-electron chi connectivity index (χ4n) is 1.61. The molecule has 3 nitrogen and oxygen atoms in total. The zero-order valence-electron chi connectivity index (χ0n) is 9.44. The molecule has 2 aromatic heterocycles. The summed E-state index contributed by atoms with van der Waals surface area (Å²) < 4.78 is 14.7. The first-order chi connectivity index (χ1) is 7.74. The summed E-state index contributed by atoms with van der Waals surface area (Å²) in [7, 11) is 0. The molecule has 0 aromatic carbocycles. The summed E-state index contributed by atoms with van der Waals surface area (Å²) in [6.07, 6.45) is 1.72. The number of halogens is 1. The molecule has 0 atom stereocenters. The van der Waals surface area contributed by atoms with E-state index in [0.29, 0.717) is 5.82 Å². The van der Waals surface area contributed by atoms with Gasteiger partial charge in [0, 0.05) is 5.69 Å². The average molecular weight is 219 g/mol. The highest BCUT2D eigenvalue weighted by atomic mass is 19.1. The van der Waals surface area contributed by atoms with Crippen molar-refractivity contribution in [1.29, 1.82) is 0 Å². The van der Waals surface area contributed by atoms with Crippen LogP contribution in [0.25, 0.3) is 5.82 Å². The Bertz CT molecular complexity index is 491. The highest BCUT2D eigenvalue weighted by Gasteiger charge is 2.08. The van der Waals surface area contributed by atoms with Gasteiger partial charge in [0.05, 0.1) is 5.69 Å². The molecule has 2 rings (SSSR count). The van der Waals surface area contributed by atoms with E-state index < -0.39 is 5.95 Å². The third-order valence-electron chi connectivity index (χ3n) is 2.48.